The van der Waals surface area contributed by atoms with Crippen molar-refractivity contribution in [1.82, 2.24) is 4.72 Å². The predicted molar refractivity (Wildman–Crippen MR) is 78.9 cm³/mol. The molecule has 0 spiro atoms. The summed E-state index contributed by atoms with van der Waals surface area (Å²) in [5.74, 6) is 0.573. The van der Waals surface area contributed by atoms with Gasteiger partial charge in [-0.3, -0.25) is 0 Å². The summed E-state index contributed by atoms with van der Waals surface area (Å²) in [6, 6.07) is 8.89. The number of nitrogens with one attached hydrogen (secondary N) is 1. The van der Waals surface area contributed by atoms with Crippen LogP contribution in [-0.2, 0) is 19.5 Å². The van der Waals surface area contributed by atoms with E-state index in [-0.39, 0.29) is 24.5 Å². The molecule has 0 radical (unpaired) electrons. The van der Waals surface area contributed by atoms with Gasteiger partial charge in [-0.15, -0.1) is 0 Å². The van der Waals surface area contributed by atoms with Crippen LogP contribution < -0.4 is 9.46 Å². The molecule has 6 nitrogen and oxygen atoms in total. The molecule has 1 N–H and O–H groups in total. The van der Waals surface area contributed by atoms with Crippen molar-refractivity contribution < 1.29 is 22.6 Å². The van der Waals surface area contributed by atoms with Gasteiger partial charge in [-0.05, 0) is 18.6 Å². The Morgan fingerprint density at radius 3 is 2.81 bits per heavy atom. The van der Waals surface area contributed by atoms with Crippen molar-refractivity contribution in [3.63, 3.8) is 0 Å². The number of sulfonamides is 1. The quantitative estimate of drug-likeness (QED) is 0.805. The number of hydrogen-bond donors (Lipinski definition) is 1. The molecule has 0 aliphatic carbocycles. The summed E-state index contributed by atoms with van der Waals surface area (Å²) < 4.78 is 42.7. The summed E-state index contributed by atoms with van der Waals surface area (Å²) in [5.41, 5.74) is 0. The number of ether oxygens (including phenoxy) is 3. The molecule has 1 heterocycles. The Labute approximate surface area is 125 Å². The molecule has 1 aliphatic rings. The predicted octanol–water partition coefficient (Wildman–Crippen LogP) is 0.789. The first-order chi connectivity index (χ1) is 10.1. The fourth-order valence-electron chi connectivity index (χ4n) is 2.15. The van der Waals surface area contributed by atoms with Gasteiger partial charge in [-0.25, -0.2) is 13.1 Å². The maximum Gasteiger partial charge on any atom is 0.215 e. The molecule has 118 valence electrons. The minimum absolute atomic E-state index is 0.0876. The van der Waals surface area contributed by atoms with Gasteiger partial charge in [0.25, 0.3) is 0 Å². The Kier molecular flexibility index (Phi) is 5.98. The molecule has 2 rings (SSSR count). The van der Waals surface area contributed by atoms with E-state index in [1.165, 1.54) is 0 Å². The number of methoxy groups -OCH3 is 1. The largest absolute Gasteiger partial charge is 0.492 e. The third-order valence-electron chi connectivity index (χ3n) is 3.30. The molecule has 0 unspecified atom stereocenters. The van der Waals surface area contributed by atoms with Gasteiger partial charge in [0.1, 0.15) is 12.4 Å². The monoisotopic (exact) mass is 315 g/mol. The average Bonchev–Trinajstić information content (AvgIpc) is 2.48. The first-order valence-electron chi connectivity index (χ1n) is 6.89. The van der Waals surface area contributed by atoms with Crippen molar-refractivity contribution in [2.75, 3.05) is 32.7 Å². The summed E-state index contributed by atoms with van der Waals surface area (Å²) in [7, 11) is -1.85. The number of hydrogen-bond acceptors (Lipinski definition) is 5. The van der Waals surface area contributed by atoms with Crippen LogP contribution in [0.15, 0.2) is 30.3 Å². The highest BCUT2D eigenvalue weighted by atomic mass is 32.2. The Bertz CT molecular complexity index is 519. The van der Waals surface area contributed by atoms with Crippen LogP contribution in [0.1, 0.15) is 6.42 Å². The van der Waals surface area contributed by atoms with Crippen molar-refractivity contribution in [3.05, 3.63) is 30.3 Å². The van der Waals surface area contributed by atoms with Gasteiger partial charge >= 0.3 is 0 Å². The van der Waals surface area contributed by atoms with Crippen LogP contribution >= 0.6 is 0 Å². The van der Waals surface area contributed by atoms with E-state index in [1.54, 1.807) is 19.2 Å². The molecule has 7 heteroatoms. The third kappa shape index (κ3) is 5.28. The van der Waals surface area contributed by atoms with Crippen molar-refractivity contribution >= 4 is 10.0 Å². The summed E-state index contributed by atoms with van der Waals surface area (Å²) >= 11 is 0. The summed E-state index contributed by atoms with van der Waals surface area (Å²) in [6.07, 6.45) is 0.362. The smallest absolute Gasteiger partial charge is 0.215 e. The first kappa shape index (κ1) is 16.2. The van der Waals surface area contributed by atoms with Gasteiger partial charge in [-0.2, -0.15) is 0 Å². The van der Waals surface area contributed by atoms with E-state index in [0.717, 1.165) is 0 Å². The Morgan fingerprint density at radius 1 is 1.33 bits per heavy atom. The maximum absolute atomic E-state index is 12.1. The molecule has 0 amide bonds. The van der Waals surface area contributed by atoms with Crippen molar-refractivity contribution in [2.45, 2.75) is 18.6 Å². The number of rotatable bonds is 7. The maximum atomic E-state index is 12.1. The average molecular weight is 315 g/mol. The lowest BCUT2D eigenvalue weighted by Gasteiger charge is -2.30. The van der Waals surface area contributed by atoms with E-state index in [2.05, 4.69) is 4.72 Å². The fourth-order valence-corrected chi connectivity index (χ4v) is 3.31. The number of benzene rings is 1. The van der Waals surface area contributed by atoms with Crippen LogP contribution in [0, 0.1) is 0 Å². The van der Waals surface area contributed by atoms with Crippen LogP contribution in [0.25, 0.3) is 0 Å². The lowest BCUT2D eigenvalue weighted by molar-refractivity contribution is -0.0448. The van der Waals surface area contributed by atoms with Gasteiger partial charge < -0.3 is 14.2 Å². The van der Waals surface area contributed by atoms with Crippen LogP contribution in [0.2, 0.25) is 0 Å². The van der Waals surface area contributed by atoms with Gasteiger partial charge in [0, 0.05) is 13.7 Å². The van der Waals surface area contributed by atoms with E-state index in [1.807, 2.05) is 18.2 Å². The van der Waals surface area contributed by atoms with E-state index in [4.69, 9.17) is 14.2 Å². The molecule has 1 fully saturated rings. The van der Waals surface area contributed by atoms with Crippen LogP contribution in [-0.4, -0.2) is 53.2 Å². The molecule has 21 heavy (non-hydrogen) atoms. The van der Waals surface area contributed by atoms with Gasteiger partial charge in [-0.1, -0.05) is 18.2 Å². The Hall–Kier alpha value is -1.15. The van der Waals surface area contributed by atoms with Crippen molar-refractivity contribution in [3.8, 4) is 5.75 Å². The molecule has 0 bridgehead atoms. The molecular weight excluding hydrogens is 294 g/mol. The molecule has 0 saturated carbocycles. The van der Waals surface area contributed by atoms with Gasteiger partial charge in [0.05, 0.1) is 24.5 Å². The first-order valence-corrected chi connectivity index (χ1v) is 8.54. The van der Waals surface area contributed by atoms with Crippen LogP contribution in [0.5, 0.6) is 5.75 Å². The highest BCUT2D eigenvalue weighted by molar-refractivity contribution is 7.89. The SMILES string of the molecule is CO[C@H]1COCC[C@@H]1NS(=O)(=O)CCOc1ccccc1. The standard InChI is InChI=1S/C14H21NO5S/c1-18-14-11-19-8-7-13(14)15-21(16,17)10-9-20-12-5-3-2-4-6-12/h2-6,13-15H,7-11H2,1H3/t13-,14-/m0/s1. The number of para-hydroxylation sites is 1. The second kappa shape index (κ2) is 7.74. The zero-order valence-corrected chi connectivity index (χ0v) is 12.8. The lowest BCUT2D eigenvalue weighted by atomic mass is 10.1. The summed E-state index contributed by atoms with van der Waals surface area (Å²) in [6.45, 7) is 1.05. The highest BCUT2D eigenvalue weighted by Gasteiger charge is 2.29. The van der Waals surface area contributed by atoms with Crippen LogP contribution in [0.4, 0.5) is 0 Å². The van der Waals surface area contributed by atoms with Gasteiger partial charge in [0.15, 0.2) is 0 Å². The zero-order chi connectivity index (χ0) is 15.1. The molecule has 1 aromatic rings. The normalized spacial score (nSPS) is 22.9. The molecule has 1 aliphatic heterocycles. The summed E-state index contributed by atoms with van der Waals surface area (Å²) in [5, 5.41) is 0. The minimum atomic E-state index is -3.40. The van der Waals surface area contributed by atoms with Gasteiger partial charge in [0.2, 0.25) is 10.0 Å². The summed E-state index contributed by atoms with van der Waals surface area (Å²) in [4.78, 5) is 0. The van der Waals surface area contributed by atoms with Crippen LogP contribution in [0.3, 0.4) is 0 Å². The second-order valence-electron chi connectivity index (χ2n) is 4.84. The van der Waals surface area contributed by atoms with Crippen molar-refractivity contribution in [2.24, 2.45) is 0 Å². The highest BCUT2D eigenvalue weighted by Crippen LogP contribution is 2.12. The van der Waals surface area contributed by atoms with Crippen molar-refractivity contribution in [1.29, 1.82) is 0 Å². The fraction of sp³-hybridized carbons (Fsp3) is 0.571. The molecule has 2 atom stereocenters. The lowest BCUT2D eigenvalue weighted by Crippen LogP contribution is -2.50. The van der Waals surface area contributed by atoms with E-state index in [0.29, 0.717) is 25.4 Å². The van der Waals surface area contributed by atoms with E-state index >= 15 is 0 Å². The minimum Gasteiger partial charge on any atom is -0.492 e. The van der Waals surface area contributed by atoms with E-state index in [9.17, 15) is 8.42 Å². The zero-order valence-electron chi connectivity index (χ0n) is 12.0. The third-order valence-corrected chi connectivity index (χ3v) is 4.67. The Balaban J connectivity index is 1.81. The topological polar surface area (TPSA) is 73.9 Å². The molecular formula is C14H21NO5S. The second-order valence-corrected chi connectivity index (χ2v) is 6.72. The molecule has 1 aromatic carbocycles. The molecule has 0 aromatic heterocycles. The Morgan fingerprint density at radius 2 is 2.10 bits per heavy atom. The molecule has 1 saturated heterocycles. The van der Waals surface area contributed by atoms with E-state index < -0.39 is 10.0 Å².